The van der Waals surface area contributed by atoms with E-state index in [1.54, 1.807) is 6.07 Å². The zero-order valence-corrected chi connectivity index (χ0v) is 24.9. The van der Waals surface area contributed by atoms with E-state index in [9.17, 15) is 0 Å². The Bertz CT molecular complexity index is 1180. The second-order valence-corrected chi connectivity index (χ2v) is 11.1. The first-order chi connectivity index (χ1) is 14.4. The van der Waals surface area contributed by atoms with Crippen LogP contribution in [0.5, 0.6) is 5.75 Å². The van der Waals surface area contributed by atoms with Gasteiger partial charge < -0.3 is 0 Å². The molecular weight excluding hydrogens is 720 g/mol. The summed E-state index contributed by atoms with van der Waals surface area (Å²) in [5, 5.41) is 0.483. The minimum absolute atomic E-state index is 0.0206. The molecule has 0 aliphatic rings. The Morgan fingerprint density at radius 1 is 0.484 bits per heavy atom. The van der Waals surface area contributed by atoms with Crippen molar-refractivity contribution < 1.29 is 4.74 Å². The summed E-state index contributed by atoms with van der Waals surface area (Å²) in [4.78, 5) is 0. The Hall–Kier alpha value is 1.18. The zero-order valence-electron chi connectivity index (χ0n) is 14.8. The monoisotopic (exact) mass is 720 g/mol. The molecule has 0 atom stereocenters. The molecule has 0 aliphatic heterocycles. The topological polar surface area (TPSA) is 9.23 Å². The Balaban J connectivity index is 2.62. The van der Waals surface area contributed by atoms with E-state index in [2.05, 4.69) is 0 Å². The average Bonchev–Trinajstić information content (AvgIpc) is 2.75. The summed E-state index contributed by atoms with van der Waals surface area (Å²) >= 11 is 65.3. The summed E-state index contributed by atoms with van der Waals surface area (Å²) < 4.78 is 6.37. The van der Waals surface area contributed by atoms with Gasteiger partial charge in [0.25, 0.3) is 0 Å². The summed E-state index contributed by atoms with van der Waals surface area (Å²) in [6, 6.07) is 3.55. The van der Waals surface area contributed by atoms with Gasteiger partial charge in [-0.15, -0.1) is 0 Å². The van der Waals surface area contributed by atoms with Crippen molar-refractivity contribution >= 4 is 143 Å². The van der Waals surface area contributed by atoms with Crippen molar-refractivity contribution in [2.45, 2.75) is 0 Å². The number of hydrogen-bond acceptors (Lipinski definition) is 1. The van der Waals surface area contributed by atoms with E-state index in [0.717, 1.165) is 3.51 Å². The third kappa shape index (κ3) is 4.57. The van der Waals surface area contributed by atoms with Gasteiger partial charge in [-0.3, -0.25) is 0 Å². The number of ether oxygens (including phenoxy) is 1. The van der Waals surface area contributed by atoms with Crippen LogP contribution in [0.3, 0.4) is 0 Å². The fraction of sp³-hybridized carbons (Fsp3) is 0.0526. The molecule has 162 valence electrons. The zero-order chi connectivity index (χ0) is 23.4. The quantitative estimate of drug-likeness (QED) is 0.148. The van der Waals surface area contributed by atoms with Gasteiger partial charge in [0.1, 0.15) is 0 Å². The maximum absolute atomic E-state index is 6.57. The van der Waals surface area contributed by atoms with Crippen LogP contribution in [0.2, 0.25) is 50.2 Å². The molecule has 31 heavy (non-hydrogen) atoms. The molecule has 0 heterocycles. The maximum atomic E-state index is 6.57. The van der Waals surface area contributed by atoms with Crippen LogP contribution in [0, 0.1) is 0 Å². The number of halogens is 10. The van der Waals surface area contributed by atoms with Crippen LogP contribution in [0.1, 0.15) is 0 Å². The van der Waals surface area contributed by atoms with Crippen molar-refractivity contribution in [3.63, 3.8) is 0 Å². The van der Waals surface area contributed by atoms with E-state index in [-0.39, 0.29) is 55.8 Å². The molecule has 0 aromatic heterocycles. The van der Waals surface area contributed by atoms with Crippen LogP contribution < -0.4 is 8.25 Å². The molecule has 1 nitrogen and oxygen atoms in total. The molecule has 0 aliphatic carbocycles. The molecule has 0 spiro atoms. The molecule has 2 radical (unpaired) electrons. The van der Waals surface area contributed by atoms with Gasteiger partial charge in [0.15, 0.2) is 0 Å². The number of hydrogen-bond donors (Lipinski definition) is 0. The predicted octanol–water partition coefficient (Wildman–Crippen LogP) is 10.4. The molecule has 0 fully saturated rings. The van der Waals surface area contributed by atoms with Gasteiger partial charge in [0.05, 0.1) is 0 Å². The first-order valence-electron chi connectivity index (χ1n) is 7.89. The molecule has 0 N–H and O–H groups in total. The molecule has 0 amide bonds. The number of benzene rings is 3. The SMILES string of the molecule is COc1cc[c]([Sb])c(-c2c(Cl)c(Cl)c(Cl)c(Cl)c2Cl)c1-c1c(Cl)c(Cl)c(Cl)c(Cl)c1Cl. The molecule has 0 unspecified atom stereocenters. The van der Waals surface area contributed by atoms with E-state index in [1.165, 1.54) is 30.1 Å². The van der Waals surface area contributed by atoms with Gasteiger partial charge in [-0.25, -0.2) is 0 Å². The van der Waals surface area contributed by atoms with Gasteiger partial charge >= 0.3 is 245 Å². The average molecular weight is 726 g/mol. The third-order valence-corrected chi connectivity index (χ3v) is 9.90. The second-order valence-electron chi connectivity index (χ2n) is 5.93. The van der Waals surface area contributed by atoms with E-state index in [1.807, 2.05) is 6.07 Å². The van der Waals surface area contributed by atoms with Crippen molar-refractivity contribution in [1.29, 1.82) is 0 Å². The van der Waals surface area contributed by atoms with Crippen LogP contribution in [-0.4, -0.2) is 30.1 Å². The standard InChI is InChI=1S/C19H5Cl10O.Sb/c1-30-6-4-2-3-5(8-10(20)14(24)18(28)15(25)11(8)21)7(6)9-12(22)16(26)19(29)17(27)13(9)23;/h2,4H,1H3;. The van der Waals surface area contributed by atoms with Gasteiger partial charge in [-0.1, -0.05) is 0 Å². The third-order valence-electron chi connectivity index (χ3n) is 4.28. The molecule has 3 aromatic carbocycles. The van der Waals surface area contributed by atoms with Gasteiger partial charge in [-0.05, 0) is 0 Å². The molecule has 3 aromatic rings. The molecule has 0 saturated heterocycles. The molecular formula is C19H5Cl10OSb. The van der Waals surface area contributed by atoms with Gasteiger partial charge in [0, 0.05) is 0 Å². The van der Waals surface area contributed by atoms with Crippen molar-refractivity contribution in [2.75, 3.05) is 7.11 Å². The number of rotatable bonds is 3. The van der Waals surface area contributed by atoms with Crippen molar-refractivity contribution in [3.8, 4) is 28.0 Å². The summed E-state index contributed by atoms with van der Waals surface area (Å²) in [5.74, 6) is 0.391. The molecule has 0 bridgehead atoms. The fourth-order valence-corrected chi connectivity index (χ4v) is 6.40. The molecule has 3 rings (SSSR count). The normalized spacial score (nSPS) is 11.2. The van der Waals surface area contributed by atoms with E-state index in [0.29, 0.717) is 22.4 Å². The van der Waals surface area contributed by atoms with Gasteiger partial charge in [0.2, 0.25) is 0 Å². The Kier molecular flexibility index (Phi) is 9.01. The number of methoxy groups -OCH3 is 1. The van der Waals surface area contributed by atoms with Gasteiger partial charge in [-0.2, -0.15) is 0 Å². The Morgan fingerprint density at radius 2 is 0.806 bits per heavy atom. The summed E-state index contributed by atoms with van der Waals surface area (Å²) in [7, 11) is 1.48. The Labute approximate surface area is 242 Å². The van der Waals surface area contributed by atoms with E-state index in [4.69, 9.17) is 121 Å². The van der Waals surface area contributed by atoms with Crippen LogP contribution >= 0.6 is 116 Å². The van der Waals surface area contributed by atoms with Crippen molar-refractivity contribution in [3.05, 3.63) is 62.4 Å². The van der Waals surface area contributed by atoms with Crippen LogP contribution in [0.4, 0.5) is 0 Å². The second kappa shape index (κ2) is 10.4. The predicted molar refractivity (Wildman–Crippen MR) is 139 cm³/mol. The van der Waals surface area contributed by atoms with Crippen molar-refractivity contribution in [2.24, 2.45) is 0 Å². The summed E-state index contributed by atoms with van der Waals surface area (Å²) in [6.45, 7) is 0. The van der Waals surface area contributed by atoms with Crippen molar-refractivity contribution in [1.82, 2.24) is 0 Å². The van der Waals surface area contributed by atoms with E-state index < -0.39 is 0 Å². The van der Waals surface area contributed by atoms with E-state index >= 15 is 0 Å². The fourth-order valence-electron chi connectivity index (χ4n) is 2.89. The van der Waals surface area contributed by atoms with Crippen LogP contribution in [0.15, 0.2) is 12.1 Å². The molecule has 0 saturated carbocycles. The van der Waals surface area contributed by atoms with Crippen LogP contribution in [0.25, 0.3) is 22.3 Å². The molecule has 12 heteroatoms. The summed E-state index contributed by atoms with van der Waals surface area (Å²) in [5.41, 5.74) is 1.54. The first kappa shape index (κ1) is 26.8. The Morgan fingerprint density at radius 3 is 1.16 bits per heavy atom. The first-order valence-corrected chi connectivity index (χ1v) is 12.9. The summed E-state index contributed by atoms with van der Waals surface area (Å²) in [6.07, 6.45) is 0. The van der Waals surface area contributed by atoms with Crippen LogP contribution in [-0.2, 0) is 0 Å². The minimum atomic E-state index is 0.0206.